The largest absolute Gasteiger partial charge is 0.497 e. The number of anilines is 2. The number of carbonyl (C=O) groups excluding carboxylic acids is 1. The van der Waals surface area contributed by atoms with E-state index < -0.39 is 6.17 Å². The van der Waals surface area contributed by atoms with Crippen LogP contribution in [-0.4, -0.2) is 13.0 Å². The summed E-state index contributed by atoms with van der Waals surface area (Å²) in [5.41, 5.74) is 2.20. The molecule has 2 heterocycles. The Labute approximate surface area is 139 Å². The van der Waals surface area contributed by atoms with E-state index in [1.807, 2.05) is 60.7 Å². The lowest BCUT2D eigenvalue weighted by Gasteiger charge is -2.36. The van der Waals surface area contributed by atoms with E-state index in [-0.39, 0.29) is 5.91 Å². The van der Waals surface area contributed by atoms with Crippen LogP contribution in [0.2, 0.25) is 0 Å². The molecule has 4 rings (SSSR count). The molecule has 0 spiro atoms. The maximum atomic E-state index is 13.1. The second-order valence-electron chi connectivity index (χ2n) is 5.48. The smallest absolute Gasteiger partial charge is 0.262 e. The molecule has 120 valence electrons. The molecule has 0 unspecified atom stereocenters. The summed E-state index contributed by atoms with van der Waals surface area (Å²) >= 11 is 0. The monoisotopic (exact) mass is 320 g/mol. The van der Waals surface area contributed by atoms with Crippen LogP contribution < -0.4 is 15.0 Å². The Morgan fingerprint density at radius 3 is 2.54 bits per heavy atom. The van der Waals surface area contributed by atoms with Crippen molar-refractivity contribution in [3.05, 3.63) is 78.3 Å². The Kier molecular flexibility index (Phi) is 3.46. The van der Waals surface area contributed by atoms with Crippen molar-refractivity contribution < 1.29 is 13.9 Å². The van der Waals surface area contributed by atoms with Crippen LogP contribution in [-0.2, 0) is 0 Å². The van der Waals surface area contributed by atoms with Crippen molar-refractivity contribution in [1.29, 1.82) is 0 Å². The van der Waals surface area contributed by atoms with Crippen molar-refractivity contribution in [2.45, 2.75) is 6.17 Å². The fraction of sp³-hybridized carbons (Fsp3) is 0.105. The number of amides is 1. The van der Waals surface area contributed by atoms with E-state index >= 15 is 0 Å². The minimum Gasteiger partial charge on any atom is -0.497 e. The lowest BCUT2D eigenvalue weighted by molar-refractivity contribution is 0.0971. The zero-order valence-corrected chi connectivity index (χ0v) is 13.1. The SMILES string of the molecule is COc1ccc(N2C(=O)c3ccccc3N[C@@H]2c2ccco2)cc1. The third kappa shape index (κ3) is 2.31. The highest BCUT2D eigenvalue weighted by molar-refractivity contribution is 6.12. The van der Waals surface area contributed by atoms with E-state index in [9.17, 15) is 4.79 Å². The lowest BCUT2D eigenvalue weighted by atomic mass is 10.1. The van der Waals surface area contributed by atoms with Crippen molar-refractivity contribution in [1.82, 2.24) is 0 Å². The van der Waals surface area contributed by atoms with Crippen LogP contribution in [0.4, 0.5) is 11.4 Å². The molecule has 0 bridgehead atoms. The van der Waals surface area contributed by atoms with Gasteiger partial charge in [0, 0.05) is 11.4 Å². The molecule has 1 aromatic heterocycles. The van der Waals surface area contributed by atoms with E-state index in [1.54, 1.807) is 18.3 Å². The quantitative estimate of drug-likeness (QED) is 0.791. The maximum absolute atomic E-state index is 13.1. The number of hydrogen-bond acceptors (Lipinski definition) is 4. The number of ether oxygens (including phenoxy) is 1. The van der Waals surface area contributed by atoms with E-state index in [0.29, 0.717) is 11.3 Å². The maximum Gasteiger partial charge on any atom is 0.262 e. The van der Waals surface area contributed by atoms with Gasteiger partial charge in [0.15, 0.2) is 6.17 Å². The van der Waals surface area contributed by atoms with Crippen LogP contribution in [0.3, 0.4) is 0 Å². The highest BCUT2D eigenvalue weighted by atomic mass is 16.5. The lowest BCUT2D eigenvalue weighted by Crippen LogP contribution is -2.43. The average molecular weight is 320 g/mol. The van der Waals surface area contributed by atoms with Gasteiger partial charge in [-0.2, -0.15) is 0 Å². The summed E-state index contributed by atoms with van der Waals surface area (Å²) in [4.78, 5) is 14.8. The minimum absolute atomic E-state index is 0.0732. The highest BCUT2D eigenvalue weighted by Gasteiger charge is 2.35. The highest BCUT2D eigenvalue weighted by Crippen LogP contribution is 2.37. The molecule has 1 N–H and O–H groups in total. The molecule has 1 amide bonds. The molecule has 5 heteroatoms. The number of nitrogens with zero attached hydrogens (tertiary/aromatic N) is 1. The molecular weight excluding hydrogens is 304 g/mol. The Bertz CT molecular complexity index is 857. The number of furan rings is 1. The molecule has 0 saturated heterocycles. The first kappa shape index (κ1) is 14.4. The van der Waals surface area contributed by atoms with Crippen LogP contribution >= 0.6 is 0 Å². The van der Waals surface area contributed by atoms with Crippen LogP contribution in [0.1, 0.15) is 22.3 Å². The van der Waals surface area contributed by atoms with E-state index in [2.05, 4.69) is 5.32 Å². The van der Waals surface area contributed by atoms with Crippen LogP contribution in [0.25, 0.3) is 0 Å². The summed E-state index contributed by atoms with van der Waals surface area (Å²) in [6.45, 7) is 0. The van der Waals surface area contributed by atoms with Gasteiger partial charge in [-0.05, 0) is 48.5 Å². The van der Waals surface area contributed by atoms with E-state index in [4.69, 9.17) is 9.15 Å². The molecular formula is C19H16N2O3. The second kappa shape index (κ2) is 5.77. The van der Waals surface area contributed by atoms with Crippen molar-refractivity contribution in [3.63, 3.8) is 0 Å². The number of para-hydroxylation sites is 1. The first-order chi connectivity index (χ1) is 11.8. The molecule has 1 aliphatic heterocycles. The molecule has 5 nitrogen and oxygen atoms in total. The van der Waals surface area contributed by atoms with Gasteiger partial charge in [0.1, 0.15) is 11.5 Å². The van der Waals surface area contributed by atoms with Crippen LogP contribution in [0, 0.1) is 0 Å². The van der Waals surface area contributed by atoms with Crippen LogP contribution in [0.5, 0.6) is 5.75 Å². The molecule has 0 fully saturated rings. The third-order valence-corrected chi connectivity index (χ3v) is 4.09. The van der Waals surface area contributed by atoms with Gasteiger partial charge in [0.25, 0.3) is 5.91 Å². The van der Waals surface area contributed by atoms with E-state index in [0.717, 1.165) is 17.1 Å². The number of rotatable bonds is 3. The van der Waals surface area contributed by atoms with Gasteiger partial charge < -0.3 is 14.5 Å². The van der Waals surface area contributed by atoms with E-state index in [1.165, 1.54) is 0 Å². The number of methoxy groups -OCH3 is 1. The molecule has 1 aliphatic rings. The molecule has 2 aromatic carbocycles. The third-order valence-electron chi connectivity index (χ3n) is 4.09. The first-order valence-electron chi connectivity index (χ1n) is 7.64. The van der Waals surface area contributed by atoms with Gasteiger partial charge in [-0.1, -0.05) is 12.1 Å². The topological polar surface area (TPSA) is 54.7 Å². The van der Waals surface area contributed by atoms with Gasteiger partial charge in [0.2, 0.25) is 0 Å². The van der Waals surface area contributed by atoms with Gasteiger partial charge in [0.05, 0.1) is 18.9 Å². The fourth-order valence-electron chi connectivity index (χ4n) is 2.91. The normalized spacial score (nSPS) is 16.5. The van der Waals surface area contributed by atoms with Gasteiger partial charge >= 0.3 is 0 Å². The summed E-state index contributed by atoms with van der Waals surface area (Å²) in [7, 11) is 1.62. The number of fused-ring (bicyclic) bond motifs is 1. The molecule has 1 atom stereocenters. The average Bonchev–Trinajstić information content (AvgIpc) is 3.16. The summed E-state index contributed by atoms with van der Waals surface area (Å²) in [5.74, 6) is 1.34. The molecule has 0 aliphatic carbocycles. The molecule has 0 radical (unpaired) electrons. The predicted octanol–water partition coefficient (Wildman–Crippen LogP) is 4.06. The second-order valence-corrected chi connectivity index (χ2v) is 5.48. The van der Waals surface area contributed by atoms with Crippen LogP contribution in [0.15, 0.2) is 71.3 Å². The number of benzene rings is 2. The Morgan fingerprint density at radius 2 is 1.83 bits per heavy atom. The Hall–Kier alpha value is -3.21. The van der Waals surface area contributed by atoms with Gasteiger partial charge in [-0.15, -0.1) is 0 Å². The van der Waals surface area contributed by atoms with Gasteiger partial charge in [-0.3, -0.25) is 9.69 Å². The molecule has 24 heavy (non-hydrogen) atoms. The molecule has 0 saturated carbocycles. The Balaban J connectivity index is 1.82. The van der Waals surface area contributed by atoms with Crippen molar-refractivity contribution in [3.8, 4) is 5.75 Å². The fourth-order valence-corrected chi connectivity index (χ4v) is 2.91. The van der Waals surface area contributed by atoms with Crippen molar-refractivity contribution in [2.75, 3.05) is 17.3 Å². The number of carbonyl (C=O) groups is 1. The summed E-state index contributed by atoms with van der Waals surface area (Å²) in [6, 6.07) is 18.5. The summed E-state index contributed by atoms with van der Waals surface area (Å²) in [5, 5.41) is 3.39. The standard InChI is InChI=1S/C19H16N2O3/c1-23-14-10-8-13(9-11-14)21-18(17-7-4-12-24-17)20-16-6-3-2-5-15(16)19(21)22/h2-12,18,20H,1H3/t18-/m0/s1. The zero-order chi connectivity index (χ0) is 16.5. The predicted molar refractivity (Wildman–Crippen MR) is 91.3 cm³/mol. The van der Waals surface area contributed by atoms with Crippen molar-refractivity contribution >= 4 is 17.3 Å². The zero-order valence-electron chi connectivity index (χ0n) is 13.1. The number of nitrogens with one attached hydrogen (secondary N) is 1. The Morgan fingerprint density at radius 1 is 1.04 bits per heavy atom. The molecule has 3 aromatic rings. The van der Waals surface area contributed by atoms with Crippen molar-refractivity contribution in [2.24, 2.45) is 0 Å². The first-order valence-corrected chi connectivity index (χ1v) is 7.64. The minimum atomic E-state index is -0.407. The van der Waals surface area contributed by atoms with Gasteiger partial charge in [-0.25, -0.2) is 0 Å². The summed E-state index contributed by atoms with van der Waals surface area (Å²) in [6.07, 6.45) is 1.20. The number of hydrogen-bond donors (Lipinski definition) is 1. The summed E-state index contributed by atoms with van der Waals surface area (Å²) < 4.78 is 10.8.